The zero-order chi connectivity index (χ0) is 20.2. The third kappa shape index (κ3) is 6.71. The second kappa shape index (κ2) is 11.5. The molecule has 0 spiro atoms. The lowest BCUT2D eigenvalue weighted by Crippen LogP contribution is -2.45. The Morgan fingerprint density at radius 3 is 2.57 bits per heavy atom. The fourth-order valence-corrected chi connectivity index (χ4v) is 3.67. The molecule has 1 amide bonds. The van der Waals surface area contributed by atoms with Crippen LogP contribution in [0.1, 0.15) is 42.5 Å². The van der Waals surface area contributed by atoms with E-state index in [0.29, 0.717) is 29.8 Å². The minimum Gasteiger partial charge on any atom is -0.497 e. The van der Waals surface area contributed by atoms with Crippen molar-refractivity contribution in [3.63, 3.8) is 0 Å². The number of hydrogen-bond acceptors (Lipinski definition) is 4. The zero-order valence-electron chi connectivity index (χ0n) is 17.3. The van der Waals surface area contributed by atoms with Crippen LogP contribution in [0.5, 0.6) is 5.75 Å². The number of carbonyl (C=O) groups is 1. The molecule has 28 heavy (non-hydrogen) atoms. The molecular weight excluding hydrogens is 356 g/mol. The molecule has 2 rings (SSSR count). The molecule has 1 fully saturated rings. The number of benzene rings is 1. The summed E-state index contributed by atoms with van der Waals surface area (Å²) in [6.45, 7) is 2.79. The van der Waals surface area contributed by atoms with Gasteiger partial charge in [0.05, 0.1) is 7.11 Å². The van der Waals surface area contributed by atoms with Gasteiger partial charge < -0.3 is 25.4 Å². The number of ether oxygens (including phenoxy) is 2. The van der Waals surface area contributed by atoms with Gasteiger partial charge in [0.2, 0.25) is 0 Å². The van der Waals surface area contributed by atoms with Gasteiger partial charge in [0.1, 0.15) is 5.75 Å². The number of methoxy groups -OCH3 is 2. The lowest BCUT2D eigenvalue weighted by molar-refractivity contribution is 0.0954. The van der Waals surface area contributed by atoms with Crippen LogP contribution in [0.4, 0.5) is 0 Å². The highest BCUT2D eigenvalue weighted by atomic mass is 16.5. The molecule has 7 nitrogen and oxygen atoms in total. The van der Waals surface area contributed by atoms with Gasteiger partial charge in [-0.2, -0.15) is 0 Å². The van der Waals surface area contributed by atoms with Crippen molar-refractivity contribution in [2.75, 3.05) is 47.5 Å². The maximum Gasteiger partial charge on any atom is 0.251 e. The molecule has 0 atom stereocenters. The summed E-state index contributed by atoms with van der Waals surface area (Å²) in [5.41, 5.74) is 0.886. The minimum absolute atomic E-state index is 0.117. The van der Waals surface area contributed by atoms with Crippen molar-refractivity contribution in [2.24, 2.45) is 10.4 Å². The van der Waals surface area contributed by atoms with Crippen LogP contribution in [0, 0.1) is 5.41 Å². The van der Waals surface area contributed by atoms with Crippen LogP contribution >= 0.6 is 0 Å². The van der Waals surface area contributed by atoms with E-state index in [9.17, 15) is 4.79 Å². The molecule has 1 aliphatic rings. The van der Waals surface area contributed by atoms with Gasteiger partial charge in [-0.25, -0.2) is 0 Å². The fraction of sp³-hybridized carbons (Fsp3) is 0.619. The lowest BCUT2D eigenvalue weighted by atomic mass is 9.83. The van der Waals surface area contributed by atoms with E-state index < -0.39 is 0 Å². The van der Waals surface area contributed by atoms with Gasteiger partial charge in [-0.3, -0.25) is 9.79 Å². The Morgan fingerprint density at radius 1 is 1.14 bits per heavy atom. The number of hydrogen-bond donors (Lipinski definition) is 3. The molecule has 0 radical (unpaired) electrons. The Bertz CT molecular complexity index is 642. The van der Waals surface area contributed by atoms with Gasteiger partial charge in [0.15, 0.2) is 5.96 Å². The second-order valence-electron chi connectivity index (χ2n) is 7.29. The third-order valence-corrected chi connectivity index (χ3v) is 5.39. The summed E-state index contributed by atoms with van der Waals surface area (Å²) in [7, 11) is 5.11. The first-order chi connectivity index (χ1) is 13.6. The van der Waals surface area contributed by atoms with Crippen LogP contribution in [-0.2, 0) is 4.74 Å². The summed E-state index contributed by atoms with van der Waals surface area (Å²) >= 11 is 0. The van der Waals surface area contributed by atoms with Crippen LogP contribution in [-0.4, -0.2) is 59.4 Å². The number of rotatable bonds is 10. The van der Waals surface area contributed by atoms with Gasteiger partial charge >= 0.3 is 0 Å². The molecule has 0 aromatic heterocycles. The molecule has 3 N–H and O–H groups in total. The van der Waals surface area contributed by atoms with Crippen molar-refractivity contribution in [2.45, 2.75) is 32.1 Å². The topological polar surface area (TPSA) is 84.0 Å². The molecule has 0 saturated heterocycles. The van der Waals surface area contributed by atoms with E-state index in [1.807, 2.05) is 6.07 Å². The maximum atomic E-state index is 12.2. The Hall–Kier alpha value is -2.28. The van der Waals surface area contributed by atoms with Crippen molar-refractivity contribution in [3.8, 4) is 5.75 Å². The third-order valence-electron chi connectivity index (χ3n) is 5.39. The minimum atomic E-state index is -0.117. The average Bonchev–Trinajstić information content (AvgIpc) is 3.20. The Morgan fingerprint density at radius 2 is 1.89 bits per heavy atom. The van der Waals surface area contributed by atoms with E-state index in [4.69, 9.17) is 9.47 Å². The van der Waals surface area contributed by atoms with Crippen molar-refractivity contribution >= 4 is 11.9 Å². The van der Waals surface area contributed by atoms with E-state index in [2.05, 4.69) is 20.9 Å². The molecule has 1 aromatic rings. The summed E-state index contributed by atoms with van der Waals surface area (Å²) in [5.74, 6) is 1.32. The molecule has 0 heterocycles. The summed E-state index contributed by atoms with van der Waals surface area (Å²) in [6.07, 6.45) is 6.11. The van der Waals surface area contributed by atoms with Gasteiger partial charge in [-0.1, -0.05) is 18.9 Å². The molecule has 7 heteroatoms. The highest BCUT2D eigenvalue weighted by Crippen LogP contribution is 2.40. The van der Waals surface area contributed by atoms with Gasteiger partial charge in [0, 0.05) is 46.0 Å². The number of nitrogens with one attached hydrogen (secondary N) is 3. The molecule has 156 valence electrons. The molecule has 1 aliphatic carbocycles. The van der Waals surface area contributed by atoms with Crippen LogP contribution in [0.15, 0.2) is 29.3 Å². The molecule has 0 bridgehead atoms. The fourth-order valence-electron chi connectivity index (χ4n) is 3.67. The van der Waals surface area contributed by atoms with Crippen LogP contribution < -0.4 is 20.7 Å². The first-order valence-corrected chi connectivity index (χ1v) is 9.98. The Kier molecular flexibility index (Phi) is 9.07. The van der Waals surface area contributed by atoms with E-state index in [1.54, 1.807) is 39.5 Å². The predicted molar refractivity (Wildman–Crippen MR) is 112 cm³/mol. The maximum absolute atomic E-state index is 12.2. The average molecular weight is 391 g/mol. The van der Waals surface area contributed by atoms with E-state index >= 15 is 0 Å². The lowest BCUT2D eigenvalue weighted by Gasteiger charge is -2.30. The Balaban J connectivity index is 1.72. The largest absolute Gasteiger partial charge is 0.497 e. The summed E-state index contributed by atoms with van der Waals surface area (Å²) in [4.78, 5) is 16.5. The van der Waals surface area contributed by atoms with E-state index in [1.165, 1.54) is 25.7 Å². The van der Waals surface area contributed by atoms with Gasteiger partial charge in [0.25, 0.3) is 5.91 Å². The SMILES string of the molecule is CN=C(NCCNC(=O)c1cccc(OC)c1)NCC1(CCOC)CCCC1. The summed E-state index contributed by atoms with van der Waals surface area (Å²) < 4.78 is 10.4. The first kappa shape index (κ1) is 22.0. The molecule has 1 aromatic carbocycles. The Labute approximate surface area is 168 Å². The molecule has 0 unspecified atom stereocenters. The van der Waals surface area contributed by atoms with E-state index in [0.717, 1.165) is 25.5 Å². The van der Waals surface area contributed by atoms with Crippen molar-refractivity contribution in [1.29, 1.82) is 0 Å². The summed E-state index contributed by atoms with van der Waals surface area (Å²) in [6, 6.07) is 7.12. The van der Waals surface area contributed by atoms with Crippen LogP contribution in [0.2, 0.25) is 0 Å². The standard InChI is InChI=1S/C21H34N4O3/c1-22-20(25-16-21(11-14-27-2)9-4-5-10-21)24-13-12-23-19(26)17-7-6-8-18(15-17)28-3/h6-8,15H,4-5,9-14,16H2,1-3H3,(H,23,26)(H2,22,24,25). The van der Waals surface area contributed by atoms with E-state index in [-0.39, 0.29) is 5.91 Å². The van der Waals surface area contributed by atoms with Crippen molar-refractivity contribution in [1.82, 2.24) is 16.0 Å². The van der Waals surface area contributed by atoms with Crippen molar-refractivity contribution < 1.29 is 14.3 Å². The van der Waals surface area contributed by atoms with Crippen LogP contribution in [0.3, 0.4) is 0 Å². The highest BCUT2D eigenvalue weighted by molar-refractivity contribution is 5.94. The predicted octanol–water partition coefficient (Wildman–Crippen LogP) is 2.19. The number of carbonyl (C=O) groups excluding carboxylic acids is 1. The number of guanidine groups is 1. The monoisotopic (exact) mass is 390 g/mol. The smallest absolute Gasteiger partial charge is 0.251 e. The summed E-state index contributed by atoms with van der Waals surface area (Å²) in [5, 5.41) is 9.62. The highest BCUT2D eigenvalue weighted by Gasteiger charge is 2.33. The van der Waals surface area contributed by atoms with Gasteiger partial charge in [-0.05, 0) is 42.9 Å². The number of nitrogens with zero attached hydrogens (tertiary/aromatic N) is 1. The van der Waals surface area contributed by atoms with Gasteiger partial charge in [-0.15, -0.1) is 0 Å². The quantitative estimate of drug-likeness (QED) is 0.324. The molecule has 1 saturated carbocycles. The normalized spacial score (nSPS) is 15.9. The molecule has 0 aliphatic heterocycles. The molecular formula is C21H34N4O3. The number of amides is 1. The zero-order valence-corrected chi connectivity index (χ0v) is 17.3. The van der Waals surface area contributed by atoms with Crippen molar-refractivity contribution in [3.05, 3.63) is 29.8 Å². The number of aliphatic imine (C=N–C) groups is 1. The first-order valence-electron chi connectivity index (χ1n) is 9.98. The second-order valence-corrected chi connectivity index (χ2v) is 7.29. The van der Waals surface area contributed by atoms with Crippen LogP contribution in [0.25, 0.3) is 0 Å².